The second-order valence-corrected chi connectivity index (χ2v) is 4.79. The van der Waals surface area contributed by atoms with Gasteiger partial charge < -0.3 is 4.98 Å². The molecule has 0 spiro atoms. The zero-order chi connectivity index (χ0) is 14.9. The molecular weight excluding hydrogens is 284 g/mol. The van der Waals surface area contributed by atoms with E-state index in [1.54, 1.807) is 12.3 Å². The Balaban J connectivity index is 2.82. The molecule has 1 aromatic carbocycles. The minimum Gasteiger partial charge on any atom is -0.300 e. The molecule has 1 heterocycles. The second-order valence-electron chi connectivity index (χ2n) is 3.99. The topological polar surface area (TPSA) is 69.5 Å². The average Bonchev–Trinajstić information content (AvgIpc) is 2.42. The van der Waals surface area contributed by atoms with E-state index in [0.717, 1.165) is 11.8 Å². The number of aromatic amines is 1. The quantitative estimate of drug-likeness (QED) is 0.682. The Morgan fingerprint density at radius 1 is 1.35 bits per heavy atom. The van der Waals surface area contributed by atoms with Crippen LogP contribution in [0.1, 0.15) is 11.1 Å². The van der Waals surface area contributed by atoms with Crippen LogP contribution in [0.4, 0.5) is 8.78 Å². The van der Waals surface area contributed by atoms with Crippen LogP contribution in [0.2, 0.25) is 0 Å². The molecule has 0 unspecified atom stereocenters. The van der Waals surface area contributed by atoms with Crippen LogP contribution in [0.25, 0.3) is 11.3 Å². The first-order valence-electron chi connectivity index (χ1n) is 5.52. The minimum atomic E-state index is -0.866. The third kappa shape index (κ3) is 2.42. The first-order valence-corrected chi connectivity index (χ1v) is 6.74. The van der Waals surface area contributed by atoms with E-state index in [1.165, 1.54) is 13.0 Å². The first-order chi connectivity index (χ1) is 9.47. The normalized spacial score (nSPS) is 10.3. The summed E-state index contributed by atoms with van der Waals surface area (Å²) in [6, 6.07) is 3.65. The lowest BCUT2D eigenvalue weighted by atomic mass is 10.0. The molecule has 0 bridgehead atoms. The van der Waals surface area contributed by atoms with Crippen molar-refractivity contribution in [3.63, 3.8) is 0 Å². The molecule has 20 heavy (non-hydrogen) atoms. The number of aromatic nitrogens is 2. The summed E-state index contributed by atoms with van der Waals surface area (Å²) in [6.45, 7) is 1.47. The average molecular weight is 293 g/mol. The summed E-state index contributed by atoms with van der Waals surface area (Å²) < 4.78 is 27.2. The third-order valence-electron chi connectivity index (χ3n) is 2.71. The predicted octanol–water partition coefficient (Wildman–Crippen LogP) is 2.62. The number of nitrogens with one attached hydrogen (secondary N) is 1. The number of thioether (sulfide) groups is 1. The van der Waals surface area contributed by atoms with Gasteiger partial charge in [0.15, 0.2) is 5.16 Å². The van der Waals surface area contributed by atoms with Crippen molar-refractivity contribution >= 4 is 11.8 Å². The maximum Gasteiger partial charge on any atom is 0.270 e. The Morgan fingerprint density at radius 2 is 2.05 bits per heavy atom. The summed E-state index contributed by atoms with van der Waals surface area (Å²) in [5, 5.41) is 9.28. The molecule has 1 aromatic heterocycles. The Labute approximate surface area is 117 Å². The Bertz CT molecular complexity index is 780. The van der Waals surface area contributed by atoms with Gasteiger partial charge in [-0.1, -0.05) is 11.8 Å². The third-order valence-corrected chi connectivity index (χ3v) is 3.29. The number of nitriles is 1. The molecule has 0 aliphatic rings. The van der Waals surface area contributed by atoms with E-state index in [4.69, 9.17) is 5.26 Å². The lowest BCUT2D eigenvalue weighted by Crippen LogP contribution is -2.15. The molecule has 0 saturated carbocycles. The van der Waals surface area contributed by atoms with Crippen LogP contribution >= 0.6 is 11.8 Å². The van der Waals surface area contributed by atoms with E-state index in [2.05, 4.69) is 9.97 Å². The standard InChI is InChI=1S/C13H9F2N3OS/c1-6-3-7(10(15)4-9(6)14)11-8(5-16)12(19)18-13(17-11)20-2/h3-4H,1-2H3,(H,17,18,19). The summed E-state index contributed by atoms with van der Waals surface area (Å²) in [5.74, 6) is -1.56. The van der Waals surface area contributed by atoms with Gasteiger partial charge in [-0.15, -0.1) is 0 Å². The maximum absolute atomic E-state index is 13.9. The van der Waals surface area contributed by atoms with Gasteiger partial charge in [0, 0.05) is 11.6 Å². The largest absolute Gasteiger partial charge is 0.300 e. The van der Waals surface area contributed by atoms with Crippen LogP contribution in [0.15, 0.2) is 22.1 Å². The van der Waals surface area contributed by atoms with E-state index in [1.807, 2.05) is 0 Å². The van der Waals surface area contributed by atoms with Gasteiger partial charge >= 0.3 is 0 Å². The van der Waals surface area contributed by atoms with Gasteiger partial charge in [0.1, 0.15) is 23.3 Å². The fourth-order valence-corrected chi connectivity index (χ4v) is 2.06. The van der Waals surface area contributed by atoms with Crippen LogP contribution in [-0.2, 0) is 0 Å². The summed E-state index contributed by atoms with van der Waals surface area (Å²) in [7, 11) is 0. The number of rotatable bonds is 2. The first kappa shape index (κ1) is 14.2. The molecule has 2 aromatic rings. The number of aryl methyl sites for hydroxylation is 1. The second kappa shape index (κ2) is 5.43. The number of H-pyrrole nitrogens is 1. The fourth-order valence-electron chi connectivity index (χ4n) is 1.69. The van der Waals surface area contributed by atoms with Crippen molar-refractivity contribution in [1.82, 2.24) is 9.97 Å². The zero-order valence-electron chi connectivity index (χ0n) is 10.6. The lowest BCUT2D eigenvalue weighted by molar-refractivity contribution is 0.579. The van der Waals surface area contributed by atoms with Crippen molar-refractivity contribution in [2.45, 2.75) is 12.1 Å². The number of halogens is 2. The van der Waals surface area contributed by atoms with Crippen molar-refractivity contribution in [3.8, 4) is 17.3 Å². The molecule has 0 aliphatic carbocycles. The molecule has 1 N–H and O–H groups in total. The monoisotopic (exact) mass is 293 g/mol. The van der Waals surface area contributed by atoms with Crippen LogP contribution in [0, 0.1) is 29.9 Å². The van der Waals surface area contributed by atoms with Gasteiger partial charge in [0.2, 0.25) is 0 Å². The van der Waals surface area contributed by atoms with Crippen molar-refractivity contribution in [1.29, 1.82) is 5.26 Å². The Kier molecular flexibility index (Phi) is 3.86. The molecular formula is C13H9F2N3OS. The van der Waals surface area contributed by atoms with Crippen molar-refractivity contribution in [2.24, 2.45) is 0 Å². The molecule has 0 aliphatic heterocycles. The van der Waals surface area contributed by atoms with Gasteiger partial charge in [0.25, 0.3) is 5.56 Å². The number of hydrogen-bond donors (Lipinski definition) is 1. The van der Waals surface area contributed by atoms with E-state index < -0.39 is 17.2 Å². The van der Waals surface area contributed by atoms with E-state index in [9.17, 15) is 13.6 Å². The van der Waals surface area contributed by atoms with Gasteiger partial charge in [-0.2, -0.15) is 5.26 Å². The maximum atomic E-state index is 13.9. The Hall–Kier alpha value is -2.20. The smallest absolute Gasteiger partial charge is 0.270 e. The molecule has 2 rings (SSSR count). The molecule has 0 fully saturated rings. The zero-order valence-corrected chi connectivity index (χ0v) is 11.4. The molecule has 0 amide bonds. The highest BCUT2D eigenvalue weighted by Crippen LogP contribution is 2.26. The summed E-state index contributed by atoms with van der Waals surface area (Å²) in [5.41, 5.74) is -0.892. The lowest BCUT2D eigenvalue weighted by Gasteiger charge is -2.08. The predicted molar refractivity (Wildman–Crippen MR) is 71.4 cm³/mol. The van der Waals surface area contributed by atoms with Crippen LogP contribution in [0.5, 0.6) is 0 Å². The highest BCUT2D eigenvalue weighted by Gasteiger charge is 2.18. The van der Waals surface area contributed by atoms with Gasteiger partial charge in [-0.3, -0.25) is 4.79 Å². The minimum absolute atomic E-state index is 0.0677. The molecule has 4 nitrogen and oxygen atoms in total. The van der Waals surface area contributed by atoms with Gasteiger partial charge in [-0.05, 0) is 24.8 Å². The van der Waals surface area contributed by atoms with E-state index >= 15 is 0 Å². The molecule has 0 saturated heterocycles. The number of benzene rings is 1. The molecule has 102 valence electrons. The summed E-state index contributed by atoms with van der Waals surface area (Å²) >= 11 is 1.15. The van der Waals surface area contributed by atoms with E-state index in [0.29, 0.717) is 6.07 Å². The number of hydrogen-bond acceptors (Lipinski definition) is 4. The molecule has 0 atom stereocenters. The van der Waals surface area contributed by atoms with Crippen LogP contribution < -0.4 is 5.56 Å². The van der Waals surface area contributed by atoms with Crippen molar-refractivity contribution < 1.29 is 8.78 Å². The van der Waals surface area contributed by atoms with Crippen molar-refractivity contribution in [2.75, 3.05) is 6.26 Å². The van der Waals surface area contributed by atoms with Crippen molar-refractivity contribution in [3.05, 3.63) is 45.2 Å². The van der Waals surface area contributed by atoms with Crippen LogP contribution in [0.3, 0.4) is 0 Å². The summed E-state index contributed by atoms with van der Waals surface area (Å²) in [4.78, 5) is 18.2. The molecule has 7 heteroatoms. The highest BCUT2D eigenvalue weighted by molar-refractivity contribution is 7.98. The molecule has 0 radical (unpaired) electrons. The number of nitrogens with zero attached hydrogens (tertiary/aromatic N) is 2. The van der Waals surface area contributed by atoms with Crippen LogP contribution in [-0.4, -0.2) is 16.2 Å². The van der Waals surface area contributed by atoms with Gasteiger partial charge in [-0.25, -0.2) is 13.8 Å². The highest BCUT2D eigenvalue weighted by atomic mass is 32.2. The SMILES string of the molecule is CSc1nc(-c2cc(C)c(F)cc2F)c(C#N)c(=O)[nH]1. The van der Waals surface area contributed by atoms with E-state index in [-0.39, 0.29) is 27.5 Å². The van der Waals surface area contributed by atoms with Gasteiger partial charge in [0.05, 0.1) is 5.69 Å². The summed E-state index contributed by atoms with van der Waals surface area (Å²) in [6.07, 6.45) is 1.68. The fraction of sp³-hybridized carbons (Fsp3) is 0.154. The Morgan fingerprint density at radius 3 is 2.65 bits per heavy atom.